The Hall–Kier alpha value is -1.66. The van der Waals surface area contributed by atoms with E-state index in [1.807, 2.05) is 0 Å². The average Bonchev–Trinajstić information content (AvgIpc) is 3.03. The number of rotatable bonds is 2. The molecule has 4 nitrogen and oxygen atoms in total. The number of nitrogens with zero attached hydrogens (tertiary/aromatic N) is 1. The van der Waals surface area contributed by atoms with Crippen molar-refractivity contribution in [3.63, 3.8) is 0 Å². The van der Waals surface area contributed by atoms with Gasteiger partial charge in [0.25, 0.3) is 5.91 Å². The summed E-state index contributed by atoms with van der Waals surface area (Å²) in [5.41, 5.74) is 2.54. The molecule has 0 unspecified atom stereocenters. The van der Waals surface area contributed by atoms with Crippen molar-refractivity contribution >= 4 is 44.8 Å². The summed E-state index contributed by atoms with van der Waals surface area (Å²) in [7, 11) is 0. The molecule has 1 aliphatic rings. The summed E-state index contributed by atoms with van der Waals surface area (Å²) in [6.07, 6.45) is 0.756. The number of hydrogen-bond acceptors (Lipinski definition) is 3. The summed E-state index contributed by atoms with van der Waals surface area (Å²) in [5.74, 6) is -1.07. The van der Waals surface area contributed by atoms with Crippen LogP contribution in [0.5, 0.6) is 0 Å². The zero-order valence-corrected chi connectivity index (χ0v) is 12.7. The van der Waals surface area contributed by atoms with E-state index in [0.717, 1.165) is 15.8 Å². The summed E-state index contributed by atoms with van der Waals surface area (Å²) in [6.45, 7) is 0.588. The molecule has 1 N–H and O–H groups in total. The quantitative estimate of drug-likeness (QED) is 0.901. The van der Waals surface area contributed by atoms with E-state index in [2.05, 4.69) is 15.9 Å². The molecule has 0 radical (unpaired) electrons. The normalized spacial score (nSPS) is 13.3. The second-order valence-corrected chi connectivity index (χ2v) is 6.79. The molecule has 0 atom stereocenters. The van der Waals surface area contributed by atoms with Crippen LogP contribution >= 0.6 is 27.3 Å². The third kappa shape index (κ3) is 2.25. The van der Waals surface area contributed by atoms with Crippen molar-refractivity contribution < 1.29 is 14.7 Å². The number of fused-ring (bicyclic) bond motifs is 1. The lowest BCUT2D eigenvalue weighted by atomic mass is 10.1. The van der Waals surface area contributed by atoms with E-state index in [0.29, 0.717) is 17.8 Å². The van der Waals surface area contributed by atoms with Gasteiger partial charge in [0.15, 0.2) is 0 Å². The second kappa shape index (κ2) is 5.03. The van der Waals surface area contributed by atoms with Gasteiger partial charge in [-0.2, -0.15) is 0 Å². The van der Waals surface area contributed by atoms with Crippen LogP contribution in [-0.2, 0) is 6.42 Å². The summed E-state index contributed by atoms with van der Waals surface area (Å²) >= 11 is 4.80. The largest absolute Gasteiger partial charge is 0.478 e. The maximum Gasteiger partial charge on any atom is 0.335 e. The number of thiophene rings is 1. The van der Waals surface area contributed by atoms with Crippen LogP contribution in [0, 0.1) is 0 Å². The van der Waals surface area contributed by atoms with E-state index in [-0.39, 0.29) is 11.5 Å². The predicted octanol–water partition coefficient (Wildman–Crippen LogP) is 3.41. The minimum atomic E-state index is -0.981. The second-order valence-electron chi connectivity index (χ2n) is 4.49. The van der Waals surface area contributed by atoms with Crippen molar-refractivity contribution in [3.8, 4) is 0 Å². The molecular formula is C14H10BrNO3S. The molecule has 0 aliphatic carbocycles. The Morgan fingerprint density at radius 3 is 2.70 bits per heavy atom. The fourth-order valence-corrected chi connectivity index (χ4v) is 3.43. The van der Waals surface area contributed by atoms with Gasteiger partial charge in [-0.1, -0.05) is 6.07 Å². The number of amides is 1. The first-order valence-corrected chi connectivity index (χ1v) is 7.65. The molecule has 0 fully saturated rings. The standard InChI is InChI=1S/C14H10BrNO3S/c15-12-6-10(7-20-12)13(17)16-4-3-8-1-2-9(14(18)19)5-11(8)16/h1-2,5-7H,3-4H2,(H,18,19). The van der Waals surface area contributed by atoms with Gasteiger partial charge in [-0.25, -0.2) is 4.79 Å². The molecule has 2 heterocycles. The lowest BCUT2D eigenvalue weighted by Crippen LogP contribution is -2.28. The highest BCUT2D eigenvalue weighted by Crippen LogP contribution is 2.31. The molecule has 6 heteroatoms. The lowest BCUT2D eigenvalue weighted by molar-refractivity contribution is 0.0696. The molecule has 1 amide bonds. The maximum atomic E-state index is 12.5. The van der Waals surface area contributed by atoms with Gasteiger partial charge < -0.3 is 10.0 Å². The molecule has 1 aromatic heterocycles. The first kappa shape index (κ1) is 13.3. The predicted molar refractivity (Wildman–Crippen MR) is 80.8 cm³/mol. The Morgan fingerprint density at radius 2 is 2.05 bits per heavy atom. The number of hydrogen-bond donors (Lipinski definition) is 1. The molecule has 0 bridgehead atoms. The molecule has 0 saturated carbocycles. The Morgan fingerprint density at radius 1 is 1.25 bits per heavy atom. The van der Waals surface area contributed by atoms with Gasteiger partial charge in [-0.15, -0.1) is 11.3 Å². The number of carboxylic acid groups (broad SMARTS) is 1. The van der Waals surface area contributed by atoms with Crippen molar-refractivity contribution in [1.82, 2.24) is 0 Å². The SMILES string of the molecule is O=C(O)c1ccc2c(c1)N(C(=O)c1csc(Br)c1)CC2. The highest BCUT2D eigenvalue weighted by atomic mass is 79.9. The molecule has 0 spiro atoms. The van der Waals surface area contributed by atoms with Crippen LogP contribution in [0.25, 0.3) is 0 Å². The number of halogens is 1. The minimum Gasteiger partial charge on any atom is -0.478 e. The van der Waals surface area contributed by atoms with Crippen LogP contribution in [0.2, 0.25) is 0 Å². The molecular weight excluding hydrogens is 342 g/mol. The Balaban J connectivity index is 1.97. The number of carbonyl (C=O) groups excluding carboxylic acids is 1. The topological polar surface area (TPSA) is 57.6 Å². The summed E-state index contributed by atoms with van der Waals surface area (Å²) in [6, 6.07) is 6.72. The summed E-state index contributed by atoms with van der Waals surface area (Å²) < 4.78 is 0.902. The number of carbonyl (C=O) groups is 2. The third-order valence-electron chi connectivity index (χ3n) is 3.29. The molecule has 1 aromatic carbocycles. The number of carboxylic acids is 1. The Kier molecular flexibility index (Phi) is 3.35. The average molecular weight is 352 g/mol. The molecule has 1 aliphatic heterocycles. The Bertz CT molecular complexity index is 710. The van der Waals surface area contributed by atoms with Gasteiger partial charge in [0.05, 0.1) is 14.9 Å². The van der Waals surface area contributed by atoms with Gasteiger partial charge in [0.2, 0.25) is 0 Å². The summed E-state index contributed by atoms with van der Waals surface area (Å²) in [5, 5.41) is 10.9. The van der Waals surface area contributed by atoms with Crippen molar-refractivity contribution in [2.75, 3.05) is 11.4 Å². The van der Waals surface area contributed by atoms with E-state index in [4.69, 9.17) is 5.11 Å². The van der Waals surface area contributed by atoms with Gasteiger partial charge >= 0.3 is 5.97 Å². The van der Waals surface area contributed by atoms with Crippen LogP contribution in [0.1, 0.15) is 26.3 Å². The summed E-state index contributed by atoms with van der Waals surface area (Å²) in [4.78, 5) is 25.2. The van der Waals surface area contributed by atoms with Gasteiger partial charge in [-0.05, 0) is 46.1 Å². The van der Waals surface area contributed by atoms with Crippen LogP contribution < -0.4 is 4.90 Å². The zero-order chi connectivity index (χ0) is 14.3. The van der Waals surface area contributed by atoms with E-state index in [1.54, 1.807) is 34.5 Å². The number of benzene rings is 1. The molecule has 2 aromatic rings. The van der Waals surface area contributed by atoms with Crippen LogP contribution in [-0.4, -0.2) is 23.5 Å². The van der Waals surface area contributed by atoms with E-state index in [1.165, 1.54) is 11.3 Å². The monoisotopic (exact) mass is 351 g/mol. The van der Waals surface area contributed by atoms with E-state index >= 15 is 0 Å². The highest BCUT2D eigenvalue weighted by Gasteiger charge is 2.27. The molecule has 102 valence electrons. The maximum absolute atomic E-state index is 12.5. The number of anilines is 1. The van der Waals surface area contributed by atoms with Gasteiger partial charge in [0.1, 0.15) is 0 Å². The third-order valence-corrected chi connectivity index (χ3v) is 4.79. The van der Waals surface area contributed by atoms with E-state index in [9.17, 15) is 9.59 Å². The molecule has 20 heavy (non-hydrogen) atoms. The first-order chi connectivity index (χ1) is 9.56. The number of aromatic carboxylic acids is 1. The fraction of sp³-hybridized carbons (Fsp3) is 0.143. The van der Waals surface area contributed by atoms with Gasteiger partial charge in [-0.3, -0.25) is 4.79 Å². The van der Waals surface area contributed by atoms with Crippen LogP contribution in [0.15, 0.2) is 33.4 Å². The van der Waals surface area contributed by atoms with E-state index < -0.39 is 5.97 Å². The first-order valence-electron chi connectivity index (χ1n) is 5.98. The van der Waals surface area contributed by atoms with Crippen LogP contribution in [0.4, 0.5) is 5.69 Å². The van der Waals surface area contributed by atoms with Crippen molar-refractivity contribution in [2.24, 2.45) is 0 Å². The van der Waals surface area contributed by atoms with Crippen molar-refractivity contribution in [1.29, 1.82) is 0 Å². The zero-order valence-electron chi connectivity index (χ0n) is 10.3. The highest BCUT2D eigenvalue weighted by molar-refractivity contribution is 9.11. The fourth-order valence-electron chi connectivity index (χ4n) is 2.30. The molecule has 3 rings (SSSR count). The Labute approximate surface area is 127 Å². The lowest BCUT2D eigenvalue weighted by Gasteiger charge is -2.16. The van der Waals surface area contributed by atoms with Crippen molar-refractivity contribution in [3.05, 3.63) is 50.1 Å². The molecule has 0 saturated heterocycles. The smallest absolute Gasteiger partial charge is 0.335 e. The van der Waals surface area contributed by atoms with Gasteiger partial charge in [0, 0.05) is 17.6 Å². The van der Waals surface area contributed by atoms with Crippen molar-refractivity contribution in [2.45, 2.75) is 6.42 Å². The van der Waals surface area contributed by atoms with Crippen LogP contribution in [0.3, 0.4) is 0 Å². The minimum absolute atomic E-state index is 0.0896.